The van der Waals surface area contributed by atoms with Crippen molar-refractivity contribution in [1.82, 2.24) is 15.4 Å². The Balaban J connectivity index is 1.39. The van der Waals surface area contributed by atoms with Crippen LogP contribution in [0.25, 0.3) is 10.9 Å². The number of hydrogen-bond donors (Lipinski definition) is 3. The number of carbonyl (C=O) groups excluding carboxylic acids is 2. The van der Waals surface area contributed by atoms with Gasteiger partial charge in [0, 0.05) is 28.6 Å². The van der Waals surface area contributed by atoms with Gasteiger partial charge in [-0.25, -0.2) is 15.3 Å². The summed E-state index contributed by atoms with van der Waals surface area (Å²) in [5.74, 6) is -0.844. The fourth-order valence-electron chi connectivity index (χ4n) is 5.12. The third-order valence-electron chi connectivity index (χ3n) is 7.31. The molecule has 0 bridgehead atoms. The normalized spacial score (nSPS) is 14.2. The SMILES string of the molecule is COC(=O)c1cc2[nH]c(O)c(C(=Nc3ccc(C(=O)NOCCN4CCCCC4)cc3)c3ccccc3)c2cc1C. The van der Waals surface area contributed by atoms with Crippen LogP contribution in [0.5, 0.6) is 5.88 Å². The quantitative estimate of drug-likeness (QED) is 0.112. The lowest BCUT2D eigenvalue weighted by Crippen LogP contribution is -2.35. The molecule has 4 aromatic rings. The number of amides is 1. The zero-order valence-electron chi connectivity index (χ0n) is 23.3. The third kappa shape index (κ3) is 6.48. The number of aliphatic imine (C=N–C) groups is 1. The summed E-state index contributed by atoms with van der Waals surface area (Å²) in [7, 11) is 1.34. The molecule has 0 saturated carbocycles. The first-order valence-corrected chi connectivity index (χ1v) is 13.8. The van der Waals surface area contributed by atoms with Gasteiger partial charge in [-0.15, -0.1) is 0 Å². The lowest BCUT2D eigenvalue weighted by atomic mass is 9.98. The van der Waals surface area contributed by atoms with E-state index in [1.54, 1.807) is 30.3 Å². The number of H-pyrrole nitrogens is 1. The van der Waals surface area contributed by atoms with E-state index in [0.717, 1.165) is 25.2 Å². The standard InChI is InChI=1S/C32H34N4O5/c1-21-19-26-27(20-25(21)32(39)40-2)34-31(38)28(26)29(22-9-5-3-6-10-22)33-24-13-11-23(12-14-24)30(37)35-41-18-17-36-15-7-4-8-16-36/h3,5-6,9-14,19-20,34,38H,4,7-8,15-18H2,1-2H3,(H,35,37). The molecule has 3 aromatic carbocycles. The van der Waals surface area contributed by atoms with Gasteiger partial charge in [-0.3, -0.25) is 9.63 Å². The van der Waals surface area contributed by atoms with Gasteiger partial charge in [0.15, 0.2) is 5.88 Å². The number of benzene rings is 3. The van der Waals surface area contributed by atoms with E-state index in [2.05, 4.69) is 15.4 Å². The Morgan fingerprint density at radius 3 is 2.44 bits per heavy atom. The summed E-state index contributed by atoms with van der Waals surface area (Å²) in [5, 5.41) is 11.7. The van der Waals surface area contributed by atoms with E-state index in [-0.39, 0.29) is 11.8 Å². The highest BCUT2D eigenvalue weighted by Gasteiger charge is 2.21. The lowest BCUT2D eigenvalue weighted by molar-refractivity contribution is 0.0206. The van der Waals surface area contributed by atoms with Gasteiger partial charge in [-0.2, -0.15) is 0 Å². The largest absolute Gasteiger partial charge is 0.494 e. The van der Waals surface area contributed by atoms with Crippen LogP contribution in [0, 0.1) is 6.92 Å². The van der Waals surface area contributed by atoms with Gasteiger partial charge >= 0.3 is 5.97 Å². The van der Waals surface area contributed by atoms with Crippen molar-refractivity contribution in [2.45, 2.75) is 26.2 Å². The minimum Gasteiger partial charge on any atom is -0.494 e. The second-order valence-electron chi connectivity index (χ2n) is 10.1. The fraction of sp³-hybridized carbons (Fsp3) is 0.281. The van der Waals surface area contributed by atoms with E-state index in [9.17, 15) is 14.7 Å². The van der Waals surface area contributed by atoms with E-state index in [1.165, 1.54) is 26.4 Å². The summed E-state index contributed by atoms with van der Waals surface area (Å²) in [6.45, 7) is 5.20. The average molecular weight is 555 g/mol. The highest BCUT2D eigenvalue weighted by Crippen LogP contribution is 2.33. The third-order valence-corrected chi connectivity index (χ3v) is 7.31. The number of rotatable bonds is 9. The summed E-state index contributed by atoms with van der Waals surface area (Å²) < 4.78 is 4.90. The first-order chi connectivity index (χ1) is 19.9. The Morgan fingerprint density at radius 2 is 1.73 bits per heavy atom. The predicted molar refractivity (Wildman–Crippen MR) is 158 cm³/mol. The Hall–Kier alpha value is -4.47. The number of aryl methyl sites for hydroxylation is 1. The van der Waals surface area contributed by atoms with Crippen LogP contribution >= 0.6 is 0 Å². The summed E-state index contributed by atoms with van der Waals surface area (Å²) in [5.41, 5.74) is 7.12. The fourth-order valence-corrected chi connectivity index (χ4v) is 5.12. The summed E-state index contributed by atoms with van der Waals surface area (Å²) in [4.78, 5) is 40.5. The number of aromatic hydroxyl groups is 1. The molecule has 1 aliphatic heterocycles. The van der Waals surface area contributed by atoms with E-state index in [4.69, 9.17) is 14.6 Å². The molecule has 5 rings (SSSR count). The van der Waals surface area contributed by atoms with Crippen molar-refractivity contribution in [2.24, 2.45) is 4.99 Å². The molecule has 0 atom stereocenters. The number of ether oxygens (including phenoxy) is 1. The van der Waals surface area contributed by atoms with Gasteiger partial charge < -0.3 is 19.7 Å². The zero-order chi connectivity index (χ0) is 28.8. The van der Waals surface area contributed by atoms with E-state index < -0.39 is 5.97 Å². The molecule has 9 nitrogen and oxygen atoms in total. The molecule has 1 aromatic heterocycles. The van der Waals surface area contributed by atoms with E-state index in [0.29, 0.717) is 51.2 Å². The van der Waals surface area contributed by atoms with Crippen LogP contribution in [0.4, 0.5) is 5.69 Å². The number of esters is 1. The molecule has 1 saturated heterocycles. The minimum absolute atomic E-state index is 0.0679. The molecule has 3 N–H and O–H groups in total. The number of aromatic nitrogens is 1. The molecule has 41 heavy (non-hydrogen) atoms. The molecule has 0 radical (unpaired) electrons. The highest BCUT2D eigenvalue weighted by molar-refractivity contribution is 6.22. The molecule has 1 aliphatic rings. The van der Waals surface area contributed by atoms with Gasteiger partial charge in [0.25, 0.3) is 5.91 Å². The maximum Gasteiger partial charge on any atom is 0.338 e. The summed E-state index contributed by atoms with van der Waals surface area (Å²) in [6, 6.07) is 19.9. The number of likely N-dealkylation sites (tertiary alicyclic amines) is 1. The predicted octanol–water partition coefficient (Wildman–Crippen LogP) is 5.28. The van der Waals surface area contributed by atoms with Crippen molar-refractivity contribution < 1.29 is 24.3 Å². The van der Waals surface area contributed by atoms with Crippen molar-refractivity contribution in [3.8, 4) is 5.88 Å². The van der Waals surface area contributed by atoms with E-state index in [1.807, 2.05) is 43.3 Å². The Morgan fingerprint density at radius 1 is 1.00 bits per heavy atom. The number of fused-ring (bicyclic) bond motifs is 1. The zero-order valence-corrected chi connectivity index (χ0v) is 23.3. The van der Waals surface area contributed by atoms with Crippen molar-refractivity contribution in [3.05, 3.63) is 94.5 Å². The van der Waals surface area contributed by atoms with Gasteiger partial charge in [-0.05, 0) is 74.8 Å². The van der Waals surface area contributed by atoms with Gasteiger partial charge in [0.1, 0.15) is 0 Å². The van der Waals surface area contributed by atoms with Crippen LogP contribution < -0.4 is 5.48 Å². The summed E-state index contributed by atoms with van der Waals surface area (Å²) in [6.07, 6.45) is 3.70. The number of carbonyl (C=O) groups is 2. The first-order valence-electron chi connectivity index (χ1n) is 13.8. The Labute approximate surface area is 238 Å². The van der Waals surface area contributed by atoms with Crippen LogP contribution in [-0.2, 0) is 9.57 Å². The van der Waals surface area contributed by atoms with Crippen molar-refractivity contribution in [3.63, 3.8) is 0 Å². The molecule has 0 unspecified atom stereocenters. The van der Waals surface area contributed by atoms with Crippen molar-refractivity contribution in [2.75, 3.05) is 33.4 Å². The van der Waals surface area contributed by atoms with Crippen LogP contribution in [0.3, 0.4) is 0 Å². The molecular formula is C32H34N4O5. The monoisotopic (exact) mass is 554 g/mol. The molecule has 0 spiro atoms. The maximum absolute atomic E-state index is 12.6. The second kappa shape index (κ2) is 12.8. The average Bonchev–Trinajstić information content (AvgIpc) is 3.32. The Bertz CT molecular complexity index is 1550. The van der Waals surface area contributed by atoms with Crippen LogP contribution in [0.15, 0.2) is 71.7 Å². The molecule has 2 heterocycles. The smallest absolute Gasteiger partial charge is 0.338 e. The number of hydroxylamine groups is 1. The lowest BCUT2D eigenvalue weighted by Gasteiger charge is -2.25. The summed E-state index contributed by atoms with van der Waals surface area (Å²) >= 11 is 0. The first kappa shape index (κ1) is 28.1. The topological polar surface area (TPSA) is 116 Å². The Kier molecular flexibility index (Phi) is 8.76. The van der Waals surface area contributed by atoms with Gasteiger partial charge in [-0.1, -0.05) is 36.8 Å². The van der Waals surface area contributed by atoms with Crippen LogP contribution in [0.2, 0.25) is 0 Å². The number of nitrogens with zero attached hydrogens (tertiary/aromatic N) is 2. The number of piperidine rings is 1. The molecule has 1 amide bonds. The number of nitrogens with one attached hydrogen (secondary N) is 2. The molecule has 212 valence electrons. The highest BCUT2D eigenvalue weighted by atomic mass is 16.7. The molecule has 1 fully saturated rings. The molecule has 9 heteroatoms. The van der Waals surface area contributed by atoms with Gasteiger partial charge in [0.2, 0.25) is 0 Å². The number of hydrogen-bond acceptors (Lipinski definition) is 7. The number of aromatic amines is 1. The number of methoxy groups -OCH3 is 1. The van der Waals surface area contributed by atoms with Gasteiger partial charge in [0.05, 0.1) is 36.2 Å². The molecular weight excluding hydrogens is 520 g/mol. The van der Waals surface area contributed by atoms with Crippen LogP contribution in [0.1, 0.15) is 56.7 Å². The van der Waals surface area contributed by atoms with Crippen LogP contribution in [-0.4, -0.2) is 65.9 Å². The second-order valence-corrected chi connectivity index (χ2v) is 10.1. The van der Waals surface area contributed by atoms with Crippen molar-refractivity contribution >= 4 is 34.2 Å². The maximum atomic E-state index is 12.6. The molecule has 0 aliphatic carbocycles. The van der Waals surface area contributed by atoms with Crippen molar-refractivity contribution in [1.29, 1.82) is 0 Å². The minimum atomic E-state index is -0.450. The van der Waals surface area contributed by atoms with E-state index >= 15 is 0 Å².